The average Bonchev–Trinajstić information content (AvgIpc) is 3.16. The van der Waals surface area contributed by atoms with Crippen molar-refractivity contribution in [1.29, 1.82) is 0 Å². The van der Waals surface area contributed by atoms with Gasteiger partial charge in [-0.25, -0.2) is 4.98 Å². The summed E-state index contributed by atoms with van der Waals surface area (Å²) in [6.07, 6.45) is 5.25. The van der Waals surface area contributed by atoms with Crippen LogP contribution in [-0.4, -0.2) is 12.1 Å². The van der Waals surface area contributed by atoms with E-state index in [-0.39, 0.29) is 0 Å². The Morgan fingerprint density at radius 1 is 1.25 bits per heavy atom. The number of methoxy groups -OCH3 is 1. The fourth-order valence-corrected chi connectivity index (χ4v) is 4.02. The van der Waals surface area contributed by atoms with E-state index in [1.54, 1.807) is 18.4 Å². The van der Waals surface area contributed by atoms with E-state index in [2.05, 4.69) is 12.1 Å². The number of rotatable bonds is 4. The smallest absolute Gasteiger partial charge is 0.118 e. The molecule has 0 atom stereocenters. The maximum absolute atomic E-state index is 5.78. The summed E-state index contributed by atoms with van der Waals surface area (Å²) in [6, 6.07) is 8.17. The highest BCUT2D eigenvalue weighted by molar-refractivity contribution is 7.12. The second-order valence-electron chi connectivity index (χ2n) is 5.23. The molecule has 20 heavy (non-hydrogen) atoms. The van der Waals surface area contributed by atoms with Crippen molar-refractivity contribution in [3.63, 3.8) is 0 Å². The lowest BCUT2D eigenvalue weighted by Crippen LogP contribution is -1.94. The lowest BCUT2D eigenvalue weighted by atomic mass is 10.0. The summed E-state index contributed by atoms with van der Waals surface area (Å²) in [5.41, 5.74) is 8.08. The Bertz CT molecular complexity index is 571. The van der Waals surface area contributed by atoms with E-state index in [0.29, 0.717) is 12.5 Å². The Hall–Kier alpha value is -1.39. The van der Waals surface area contributed by atoms with Crippen molar-refractivity contribution < 1.29 is 4.74 Å². The number of hydrogen-bond donors (Lipinski definition) is 1. The Labute approximate surface area is 123 Å². The summed E-state index contributed by atoms with van der Waals surface area (Å²) in [5.74, 6) is 1.55. The van der Waals surface area contributed by atoms with Crippen LogP contribution in [0.5, 0.6) is 5.75 Å². The highest BCUT2D eigenvalue weighted by atomic mass is 32.1. The topological polar surface area (TPSA) is 48.1 Å². The van der Waals surface area contributed by atoms with Gasteiger partial charge in [0, 0.05) is 17.0 Å². The van der Waals surface area contributed by atoms with Gasteiger partial charge < -0.3 is 10.5 Å². The number of nitrogens with two attached hydrogens (primary N) is 1. The minimum absolute atomic E-state index is 0.528. The standard InChI is InChI=1S/C16H20N2OS/c1-19-13-8-6-11(7-9-13)15-16(12-4-2-3-5-12)20-14(10-17)18-15/h6-9,12H,2-5,10,17H2,1H3. The molecule has 1 saturated carbocycles. The number of aromatic nitrogens is 1. The predicted octanol–water partition coefficient (Wildman–Crippen LogP) is 3.94. The van der Waals surface area contributed by atoms with E-state index in [1.165, 1.54) is 36.1 Å². The van der Waals surface area contributed by atoms with Gasteiger partial charge in [0.25, 0.3) is 0 Å². The van der Waals surface area contributed by atoms with Gasteiger partial charge in [-0.2, -0.15) is 0 Å². The van der Waals surface area contributed by atoms with E-state index in [0.717, 1.165) is 16.5 Å². The quantitative estimate of drug-likeness (QED) is 0.927. The number of ether oxygens (including phenoxy) is 1. The first-order valence-corrected chi connectivity index (χ1v) is 7.97. The molecule has 1 aromatic heterocycles. The van der Waals surface area contributed by atoms with Gasteiger partial charge in [-0.3, -0.25) is 0 Å². The summed E-state index contributed by atoms with van der Waals surface area (Å²) in [6.45, 7) is 0.528. The first-order valence-electron chi connectivity index (χ1n) is 7.16. The molecule has 1 heterocycles. The molecule has 1 aromatic carbocycles. The van der Waals surface area contributed by atoms with Crippen molar-refractivity contribution in [2.75, 3.05) is 7.11 Å². The molecule has 0 aliphatic heterocycles. The zero-order chi connectivity index (χ0) is 13.9. The molecule has 1 aliphatic rings. The van der Waals surface area contributed by atoms with Crippen LogP contribution < -0.4 is 10.5 Å². The number of thiazole rings is 1. The third kappa shape index (κ3) is 2.58. The van der Waals surface area contributed by atoms with Crippen LogP contribution in [-0.2, 0) is 6.54 Å². The molecule has 1 aliphatic carbocycles. The van der Waals surface area contributed by atoms with Crippen LogP contribution in [0, 0.1) is 0 Å². The van der Waals surface area contributed by atoms with Crippen LogP contribution in [0.1, 0.15) is 41.5 Å². The maximum atomic E-state index is 5.78. The van der Waals surface area contributed by atoms with Crippen LogP contribution in [0.3, 0.4) is 0 Å². The highest BCUT2D eigenvalue weighted by Crippen LogP contribution is 2.42. The third-order valence-corrected chi connectivity index (χ3v) is 5.20. The molecule has 2 N–H and O–H groups in total. The minimum atomic E-state index is 0.528. The zero-order valence-corrected chi connectivity index (χ0v) is 12.6. The Kier molecular flexibility index (Phi) is 4.03. The van der Waals surface area contributed by atoms with E-state index in [9.17, 15) is 0 Å². The Morgan fingerprint density at radius 2 is 1.95 bits per heavy atom. The van der Waals surface area contributed by atoms with E-state index in [1.807, 2.05) is 12.1 Å². The Balaban J connectivity index is 1.99. The van der Waals surface area contributed by atoms with Gasteiger partial charge in [0.15, 0.2) is 0 Å². The van der Waals surface area contributed by atoms with Gasteiger partial charge in [-0.05, 0) is 43.0 Å². The fourth-order valence-electron chi connectivity index (χ4n) is 2.89. The highest BCUT2D eigenvalue weighted by Gasteiger charge is 2.24. The van der Waals surface area contributed by atoms with Gasteiger partial charge in [-0.15, -0.1) is 11.3 Å². The number of hydrogen-bond acceptors (Lipinski definition) is 4. The summed E-state index contributed by atoms with van der Waals surface area (Å²) < 4.78 is 5.22. The second kappa shape index (κ2) is 5.94. The van der Waals surface area contributed by atoms with Crippen molar-refractivity contribution in [1.82, 2.24) is 4.98 Å². The van der Waals surface area contributed by atoms with Crippen LogP contribution in [0.2, 0.25) is 0 Å². The van der Waals surface area contributed by atoms with Crippen molar-refractivity contribution in [3.8, 4) is 17.0 Å². The largest absolute Gasteiger partial charge is 0.497 e. The van der Waals surface area contributed by atoms with Gasteiger partial charge in [-0.1, -0.05) is 12.8 Å². The number of benzene rings is 1. The van der Waals surface area contributed by atoms with Gasteiger partial charge >= 0.3 is 0 Å². The molecule has 1 fully saturated rings. The van der Waals surface area contributed by atoms with Gasteiger partial charge in [0.05, 0.1) is 12.8 Å². The molecule has 2 aromatic rings. The maximum Gasteiger partial charge on any atom is 0.118 e. The molecular formula is C16H20N2OS. The molecular weight excluding hydrogens is 268 g/mol. The van der Waals surface area contributed by atoms with E-state index >= 15 is 0 Å². The fraction of sp³-hybridized carbons (Fsp3) is 0.438. The SMILES string of the molecule is COc1ccc(-c2nc(CN)sc2C2CCCC2)cc1. The monoisotopic (exact) mass is 288 g/mol. The lowest BCUT2D eigenvalue weighted by Gasteiger charge is -2.09. The molecule has 4 heteroatoms. The molecule has 0 bridgehead atoms. The van der Waals surface area contributed by atoms with Crippen LogP contribution >= 0.6 is 11.3 Å². The first kappa shape index (κ1) is 13.6. The second-order valence-corrected chi connectivity index (χ2v) is 6.35. The van der Waals surface area contributed by atoms with Crippen LogP contribution in [0.15, 0.2) is 24.3 Å². The summed E-state index contributed by atoms with van der Waals surface area (Å²) in [4.78, 5) is 6.18. The van der Waals surface area contributed by atoms with Crippen LogP contribution in [0.4, 0.5) is 0 Å². The average molecular weight is 288 g/mol. The molecule has 3 rings (SSSR count). The van der Waals surface area contributed by atoms with Gasteiger partial charge in [0.1, 0.15) is 10.8 Å². The molecule has 106 valence electrons. The molecule has 0 amide bonds. The zero-order valence-electron chi connectivity index (χ0n) is 11.8. The van der Waals surface area contributed by atoms with Crippen molar-refractivity contribution >= 4 is 11.3 Å². The first-order chi connectivity index (χ1) is 9.81. The normalized spacial score (nSPS) is 15.7. The predicted molar refractivity (Wildman–Crippen MR) is 83.2 cm³/mol. The third-order valence-electron chi connectivity index (χ3n) is 3.96. The number of nitrogens with zero attached hydrogens (tertiary/aromatic N) is 1. The Morgan fingerprint density at radius 3 is 2.55 bits per heavy atom. The summed E-state index contributed by atoms with van der Waals surface area (Å²) in [7, 11) is 1.69. The molecule has 3 nitrogen and oxygen atoms in total. The van der Waals surface area contributed by atoms with E-state index < -0.39 is 0 Å². The molecule has 0 spiro atoms. The van der Waals surface area contributed by atoms with Crippen LogP contribution in [0.25, 0.3) is 11.3 Å². The summed E-state index contributed by atoms with van der Waals surface area (Å²) in [5, 5.41) is 1.04. The lowest BCUT2D eigenvalue weighted by molar-refractivity contribution is 0.415. The van der Waals surface area contributed by atoms with Gasteiger partial charge in [0.2, 0.25) is 0 Å². The van der Waals surface area contributed by atoms with Crippen molar-refractivity contribution in [3.05, 3.63) is 34.2 Å². The summed E-state index contributed by atoms with van der Waals surface area (Å²) >= 11 is 1.79. The van der Waals surface area contributed by atoms with Crippen molar-refractivity contribution in [2.45, 2.75) is 38.1 Å². The van der Waals surface area contributed by atoms with Crippen molar-refractivity contribution in [2.24, 2.45) is 5.73 Å². The molecule has 0 saturated heterocycles. The molecule has 0 unspecified atom stereocenters. The minimum Gasteiger partial charge on any atom is -0.497 e. The molecule has 0 radical (unpaired) electrons. The van der Waals surface area contributed by atoms with E-state index in [4.69, 9.17) is 15.5 Å².